The third-order valence-corrected chi connectivity index (χ3v) is 3.00. The first-order valence-electron chi connectivity index (χ1n) is 5.00. The molecule has 2 rings (SSSR count). The number of halogens is 1. The van der Waals surface area contributed by atoms with Gasteiger partial charge in [-0.3, -0.25) is 4.68 Å². The minimum atomic E-state index is 0.481. The lowest BCUT2D eigenvalue weighted by atomic mass is 10.0. The number of pyridine rings is 1. The van der Waals surface area contributed by atoms with Crippen LogP contribution in [0.15, 0.2) is 10.7 Å². The molecule has 2 aromatic heterocycles. The molecule has 4 heteroatoms. The number of aryl methyl sites for hydroxylation is 2. The summed E-state index contributed by atoms with van der Waals surface area (Å²) in [6.07, 6.45) is 0. The minimum Gasteiger partial charge on any atom is -0.250 e. The van der Waals surface area contributed by atoms with Crippen LogP contribution in [0.25, 0.3) is 11.0 Å². The molecule has 0 fully saturated rings. The smallest absolute Gasteiger partial charge is 0.159 e. The first-order valence-corrected chi connectivity index (χ1v) is 5.79. The normalized spacial score (nSPS) is 11.6. The largest absolute Gasteiger partial charge is 0.250 e. The summed E-state index contributed by atoms with van der Waals surface area (Å²) in [5, 5.41) is 5.60. The summed E-state index contributed by atoms with van der Waals surface area (Å²) in [5.74, 6) is 0.481. The first-order chi connectivity index (χ1) is 7.00. The second-order valence-electron chi connectivity index (χ2n) is 4.10. The predicted molar refractivity (Wildman–Crippen MR) is 65.0 cm³/mol. The van der Waals surface area contributed by atoms with Gasteiger partial charge in [0, 0.05) is 12.4 Å². The molecule has 2 heterocycles. The standard InChI is InChI=1S/C11H14BrN3/c1-6(2)8-5-9(12)13-11-10(8)7(3)14-15(11)4/h5-6H,1-4H3. The molecule has 0 spiro atoms. The highest BCUT2D eigenvalue weighted by Gasteiger charge is 2.14. The Morgan fingerprint density at radius 3 is 2.67 bits per heavy atom. The Kier molecular flexibility index (Phi) is 2.54. The summed E-state index contributed by atoms with van der Waals surface area (Å²) in [5.41, 5.74) is 3.30. The Morgan fingerprint density at radius 1 is 1.40 bits per heavy atom. The molecule has 0 unspecified atom stereocenters. The lowest BCUT2D eigenvalue weighted by Crippen LogP contribution is -1.95. The van der Waals surface area contributed by atoms with Gasteiger partial charge in [0.2, 0.25) is 0 Å². The summed E-state index contributed by atoms with van der Waals surface area (Å²) >= 11 is 3.44. The van der Waals surface area contributed by atoms with Crippen molar-refractivity contribution in [2.24, 2.45) is 7.05 Å². The highest BCUT2D eigenvalue weighted by atomic mass is 79.9. The molecule has 15 heavy (non-hydrogen) atoms. The van der Waals surface area contributed by atoms with Crippen molar-refractivity contribution in [2.45, 2.75) is 26.7 Å². The second-order valence-corrected chi connectivity index (χ2v) is 4.91. The van der Waals surface area contributed by atoms with E-state index in [2.05, 4.69) is 45.9 Å². The molecule has 0 amide bonds. The van der Waals surface area contributed by atoms with Gasteiger partial charge in [0.05, 0.1) is 5.69 Å². The summed E-state index contributed by atoms with van der Waals surface area (Å²) < 4.78 is 2.71. The maximum atomic E-state index is 4.46. The van der Waals surface area contributed by atoms with Gasteiger partial charge in [0.15, 0.2) is 5.65 Å². The molecule has 80 valence electrons. The highest BCUT2D eigenvalue weighted by Crippen LogP contribution is 2.28. The van der Waals surface area contributed by atoms with Crippen molar-refractivity contribution in [3.8, 4) is 0 Å². The van der Waals surface area contributed by atoms with E-state index in [-0.39, 0.29) is 0 Å². The lowest BCUT2D eigenvalue weighted by molar-refractivity contribution is 0.773. The molecular formula is C11H14BrN3. The lowest BCUT2D eigenvalue weighted by Gasteiger charge is -2.08. The van der Waals surface area contributed by atoms with E-state index in [1.807, 2.05) is 18.7 Å². The van der Waals surface area contributed by atoms with E-state index in [0.717, 1.165) is 15.9 Å². The fourth-order valence-corrected chi connectivity index (χ4v) is 2.32. The third-order valence-electron chi connectivity index (χ3n) is 2.59. The molecule has 0 aromatic carbocycles. The predicted octanol–water partition coefficient (Wildman–Crippen LogP) is 3.16. The van der Waals surface area contributed by atoms with Crippen molar-refractivity contribution in [1.29, 1.82) is 0 Å². The van der Waals surface area contributed by atoms with Crippen LogP contribution in [0.5, 0.6) is 0 Å². The quantitative estimate of drug-likeness (QED) is 0.744. The molecule has 0 aliphatic heterocycles. The number of hydrogen-bond donors (Lipinski definition) is 0. The van der Waals surface area contributed by atoms with Gasteiger partial charge in [-0.25, -0.2) is 4.98 Å². The van der Waals surface area contributed by atoms with Crippen LogP contribution >= 0.6 is 15.9 Å². The van der Waals surface area contributed by atoms with Crippen LogP contribution in [-0.4, -0.2) is 14.8 Å². The van der Waals surface area contributed by atoms with Crippen LogP contribution in [-0.2, 0) is 7.05 Å². The molecular weight excluding hydrogens is 254 g/mol. The van der Waals surface area contributed by atoms with Gasteiger partial charge in [-0.2, -0.15) is 5.10 Å². The Labute approximate surface area is 97.6 Å². The zero-order valence-corrected chi connectivity index (χ0v) is 11.0. The van der Waals surface area contributed by atoms with E-state index in [0.29, 0.717) is 5.92 Å². The molecule has 0 aliphatic rings. The number of fused-ring (bicyclic) bond motifs is 1. The van der Waals surface area contributed by atoms with E-state index in [1.165, 1.54) is 10.9 Å². The zero-order valence-electron chi connectivity index (χ0n) is 9.37. The Bertz CT molecular complexity index is 514. The van der Waals surface area contributed by atoms with E-state index < -0.39 is 0 Å². The highest BCUT2D eigenvalue weighted by molar-refractivity contribution is 9.10. The molecule has 0 radical (unpaired) electrons. The maximum Gasteiger partial charge on any atom is 0.159 e. The van der Waals surface area contributed by atoms with Crippen LogP contribution in [0.4, 0.5) is 0 Å². The van der Waals surface area contributed by atoms with Gasteiger partial charge in [-0.15, -0.1) is 0 Å². The maximum absolute atomic E-state index is 4.46. The minimum absolute atomic E-state index is 0.481. The molecule has 0 aliphatic carbocycles. The van der Waals surface area contributed by atoms with Gasteiger partial charge in [0.25, 0.3) is 0 Å². The summed E-state index contributed by atoms with van der Waals surface area (Å²) in [4.78, 5) is 4.46. The third kappa shape index (κ3) is 1.67. The topological polar surface area (TPSA) is 30.7 Å². The van der Waals surface area contributed by atoms with Gasteiger partial charge >= 0.3 is 0 Å². The van der Waals surface area contributed by atoms with Crippen LogP contribution < -0.4 is 0 Å². The van der Waals surface area contributed by atoms with E-state index in [1.54, 1.807) is 0 Å². The first kappa shape index (κ1) is 10.6. The van der Waals surface area contributed by atoms with Crippen molar-refractivity contribution < 1.29 is 0 Å². The summed E-state index contributed by atoms with van der Waals surface area (Å²) in [6.45, 7) is 6.41. The number of aromatic nitrogens is 3. The van der Waals surface area contributed by atoms with Crippen molar-refractivity contribution >= 4 is 27.0 Å². The average molecular weight is 268 g/mol. The zero-order chi connectivity index (χ0) is 11.2. The Morgan fingerprint density at radius 2 is 2.07 bits per heavy atom. The number of hydrogen-bond acceptors (Lipinski definition) is 2. The SMILES string of the molecule is Cc1nn(C)c2nc(Br)cc(C(C)C)c12. The van der Waals surface area contributed by atoms with Gasteiger partial charge in [-0.05, 0) is 40.4 Å². The van der Waals surface area contributed by atoms with Crippen molar-refractivity contribution in [2.75, 3.05) is 0 Å². The van der Waals surface area contributed by atoms with Crippen LogP contribution in [0.2, 0.25) is 0 Å². The number of rotatable bonds is 1. The fourth-order valence-electron chi connectivity index (χ4n) is 1.90. The summed E-state index contributed by atoms with van der Waals surface area (Å²) in [7, 11) is 1.93. The van der Waals surface area contributed by atoms with Crippen molar-refractivity contribution in [3.05, 3.63) is 21.9 Å². The molecule has 0 bridgehead atoms. The monoisotopic (exact) mass is 267 g/mol. The van der Waals surface area contributed by atoms with Gasteiger partial charge in [-0.1, -0.05) is 13.8 Å². The van der Waals surface area contributed by atoms with Gasteiger partial charge in [0.1, 0.15) is 4.60 Å². The fraction of sp³-hybridized carbons (Fsp3) is 0.455. The molecule has 0 saturated heterocycles. The van der Waals surface area contributed by atoms with Crippen LogP contribution in [0.1, 0.15) is 31.0 Å². The Hall–Kier alpha value is -0.900. The van der Waals surface area contributed by atoms with Crippen LogP contribution in [0, 0.1) is 6.92 Å². The van der Waals surface area contributed by atoms with E-state index in [9.17, 15) is 0 Å². The molecule has 2 aromatic rings. The van der Waals surface area contributed by atoms with Crippen molar-refractivity contribution in [1.82, 2.24) is 14.8 Å². The average Bonchev–Trinajstić information content (AvgIpc) is 2.41. The summed E-state index contributed by atoms with van der Waals surface area (Å²) in [6, 6.07) is 2.08. The molecule has 3 nitrogen and oxygen atoms in total. The Balaban J connectivity index is 2.89. The van der Waals surface area contributed by atoms with Crippen LogP contribution in [0.3, 0.4) is 0 Å². The van der Waals surface area contributed by atoms with Crippen molar-refractivity contribution in [3.63, 3.8) is 0 Å². The van der Waals surface area contributed by atoms with E-state index >= 15 is 0 Å². The molecule has 0 N–H and O–H groups in total. The second kappa shape index (κ2) is 3.59. The number of nitrogens with zero attached hydrogens (tertiary/aromatic N) is 3. The molecule has 0 saturated carbocycles. The van der Waals surface area contributed by atoms with E-state index in [4.69, 9.17) is 0 Å². The molecule has 0 atom stereocenters. The van der Waals surface area contributed by atoms with Gasteiger partial charge < -0.3 is 0 Å².